The zero-order chi connectivity index (χ0) is 46.8. The van der Waals surface area contributed by atoms with E-state index in [1.807, 2.05) is 71.4 Å². The fraction of sp³-hybridized carbons (Fsp3) is 0.333. The van der Waals surface area contributed by atoms with E-state index in [1.165, 1.54) is 71.2 Å². The predicted octanol–water partition coefficient (Wildman–Crippen LogP) is 11.1. The molecule has 66 heavy (non-hydrogen) atoms. The number of hydrogen-bond donors (Lipinski definition) is 4. The Morgan fingerprint density at radius 1 is 0.682 bits per heavy atom. The molecule has 2 fully saturated rings. The van der Waals surface area contributed by atoms with Crippen LogP contribution in [0.1, 0.15) is 64.5 Å². The normalized spacial score (nSPS) is 17.2. The maximum absolute atomic E-state index is 14.1. The average Bonchev–Trinajstić information content (AvgIpc) is 4.05. The van der Waals surface area contributed by atoms with E-state index in [0.29, 0.717) is 52.1 Å². The van der Waals surface area contributed by atoms with Crippen molar-refractivity contribution in [2.24, 2.45) is 10.9 Å². The first-order valence-corrected chi connectivity index (χ1v) is 22.8. The second-order valence-electron chi connectivity index (χ2n) is 16.1. The molecule has 0 bridgehead atoms. The molecule has 5 N–H and O–H groups in total. The van der Waals surface area contributed by atoms with Gasteiger partial charge in [0.2, 0.25) is 0 Å². The van der Waals surface area contributed by atoms with E-state index in [2.05, 4.69) is 20.6 Å². The number of nitrogens with two attached hydrogens (primary N) is 1. The zero-order valence-corrected chi connectivity index (χ0v) is 37.1. The summed E-state index contributed by atoms with van der Waals surface area (Å²) in [5.74, 6) is -0.250. The summed E-state index contributed by atoms with van der Waals surface area (Å²) in [6.07, 6.45) is -6.73. The monoisotopic (exact) mass is 947 g/mol. The van der Waals surface area contributed by atoms with Crippen molar-refractivity contribution in [2.75, 3.05) is 39.5 Å². The quantitative estimate of drug-likeness (QED) is 0.0225. The Morgan fingerprint density at radius 2 is 1.12 bits per heavy atom. The fourth-order valence-electron chi connectivity index (χ4n) is 8.12. The number of benzene rings is 4. The zero-order valence-electron chi connectivity index (χ0n) is 35.5. The molecule has 2 unspecified atom stereocenters. The molecule has 0 radical (unpaired) electrons. The Balaban J connectivity index is 0.000000197. The van der Waals surface area contributed by atoms with E-state index in [9.17, 15) is 26.3 Å². The number of amidine groups is 1. The van der Waals surface area contributed by atoms with Crippen LogP contribution < -0.4 is 16.4 Å². The van der Waals surface area contributed by atoms with E-state index >= 15 is 0 Å². The molecule has 0 spiro atoms. The van der Waals surface area contributed by atoms with Crippen LogP contribution in [0.4, 0.5) is 32.0 Å². The summed E-state index contributed by atoms with van der Waals surface area (Å²) in [4.78, 5) is 12.9. The molecule has 0 aliphatic carbocycles. The minimum atomic E-state index is -4.55. The third-order valence-electron chi connectivity index (χ3n) is 11.9. The number of thiazole rings is 2. The second-order valence-corrected chi connectivity index (χ2v) is 17.8. The maximum atomic E-state index is 14.1. The van der Waals surface area contributed by atoms with E-state index in [4.69, 9.17) is 37.0 Å². The molecule has 0 saturated carbocycles. The lowest BCUT2D eigenvalue weighted by Gasteiger charge is -2.37. The van der Waals surface area contributed by atoms with Crippen LogP contribution in [0.3, 0.4) is 0 Å². The van der Waals surface area contributed by atoms with Crippen LogP contribution in [0.15, 0.2) is 125 Å². The summed E-state index contributed by atoms with van der Waals surface area (Å²) < 4.78 is 95.3. The highest BCUT2D eigenvalue weighted by Gasteiger charge is 2.46. The molecule has 8 rings (SSSR count). The number of rotatable bonds is 13. The summed E-state index contributed by atoms with van der Waals surface area (Å²) in [6.45, 7) is 9.18. The highest BCUT2D eigenvalue weighted by molar-refractivity contribution is 7.10. The Kier molecular flexibility index (Phi) is 15.6. The van der Waals surface area contributed by atoms with E-state index in [1.54, 1.807) is 0 Å². The largest absolute Gasteiger partial charge is 0.409 e. The van der Waals surface area contributed by atoms with Gasteiger partial charge in [0.15, 0.2) is 11.5 Å². The predicted molar refractivity (Wildman–Crippen MR) is 244 cm³/mol. The number of ether oxygens (including phenoxy) is 2. The van der Waals surface area contributed by atoms with Crippen molar-refractivity contribution in [3.8, 4) is 22.5 Å². The summed E-state index contributed by atoms with van der Waals surface area (Å²) in [6, 6.07) is 27.0. The SMILES string of the molecule is N/C(=N\O)c1cccc(C(NCC2(c3nc(-c4ccccc4)cs3)CCOCC2)C(F)(F)F)c1.[C-]#[N+]c1cccc(C(NCC2(c3nc(-c4ccccc4)cs3)CCOCC2)C(F)(F)F)c1. The third-order valence-corrected chi connectivity index (χ3v) is 14.0. The van der Waals surface area contributed by atoms with E-state index in [-0.39, 0.29) is 41.3 Å². The van der Waals surface area contributed by atoms with Gasteiger partial charge in [0, 0.05) is 77.8 Å². The number of halogens is 6. The van der Waals surface area contributed by atoms with Crippen molar-refractivity contribution in [1.82, 2.24) is 20.6 Å². The minimum absolute atomic E-state index is 0.0112. The van der Waals surface area contributed by atoms with E-state index in [0.717, 1.165) is 32.5 Å². The number of oxime groups is 1. The Hall–Kier alpha value is -5.68. The number of alkyl halides is 6. The van der Waals surface area contributed by atoms with E-state index < -0.39 is 35.3 Å². The maximum Gasteiger partial charge on any atom is 0.407 e. The molecule has 346 valence electrons. The first-order valence-electron chi connectivity index (χ1n) is 21.1. The first-order chi connectivity index (χ1) is 31.7. The standard InChI is InChI=1S/C24H25F3N4O2S.C24H22F3N3OS/c25-24(26,27)20(17-7-4-8-18(13-17)21(28)31-32)29-15-23(9-11-33-12-10-23)22-30-19(14-34-22)16-5-2-1-3-6-16;1-28-19-9-5-8-18(14-19)21(24(25,26)27)29-16-23(10-12-31-13-11-23)22-30-20(15-32-22)17-6-3-2-4-7-17/h1-8,13-14,20,29,32H,9-12,15H2,(H2,28,31);2-9,14-15,21,29H,10-13,16H2. The summed E-state index contributed by atoms with van der Waals surface area (Å²) in [5.41, 5.74) is 8.47. The Bertz CT molecular complexity index is 2570. The number of nitrogens with zero attached hydrogens (tertiary/aromatic N) is 4. The lowest BCUT2D eigenvalue weighted by Crippen LogP contribution is -2.46. The number of hydrogen-bond acceptors (Lipinski definition) is 10. The minimum Gasteiger partial charge on any atom is -0.409 e. The molecule has 2 aromatic heterocycles. The molecule has 4 heterocycles. The lowest BCUT2D eigenvalue weighted by molar-refractivity contribution is -0.159. The summed E-state index contributed by atoms with van der Waals surface area (Å²) in [5, 5.41) is 22.9. The van der Waals surface area contributed by atoms with Gasteiger partial charge >= 0.3 is 12.4 Å². The molecule has 0 amide bonds. The van der Waals surface area contributed by atoms with Crippen molar-refractivity contribution in [3.05, 3.63) is 158 Å². The topological polar surface area (TPSA) is 131 Å². The van der Waals surface area contributed by atoms with Crippen molar-refractivity contribution in [1.29, 1.82) is 0 Å². The molecule has 4 aromatic carbocycles. The van der Waals surface area contributed by atoms with Crippen LogP contribution >= 0.6 is 22.7 Å². The van der Waals surface area contributed by atoms with Crippen molar-refractivity contribution >= 4 is 34.2 Å². The van der Waals surface area contributed by atoms with Crippen molar-refractivity contribution < 1.29 is 41.0 Å². The molecule has 18 heteroatoms. The van der Waals surface area contributed by atoms with Crippen LogP contribution in [0.2, 0.25) is 0 Å². The number of nitrogens with one attached hydrogen (secondary N) is 2. The smallest absolute Gasteiger partial charge is 0.407 e. The highest BCUT2D eigenvalue weighted by atomic mass is 32.1. The van der Waals surface area contributed by atoms with Gasteiger partial charge in [0.25, 0.3) is 0 Å². The van der Waals surface area contributed by atoms with Crippen LogP contribution in [0.5, 0.6) is 0 Å². The first kappa shape index (κ1) is 48.3. The Labute approximate surface area is 386 Å². The number of aromatic nitrogens is 2. The van der Waals surface area contributed by atoms with Crippen molar-refractivity contribution in [2.45, 2.75) is 60.9 Å². The van der Waals surface area contributed by atoms with Gasteiger partial charge in [-0.1, -0.05) is 108 Å². The Morgan fingerprint density at radius 3 is 1.55 bits per heavy atom. The third kappa shape index (κ3) is 11.6. The van der Waals surface area contributed by atoms with Crippen molar-refractivity contribution in [3.63, 3.8) is 0 Å². The van der Waals surface area contributed by atoms with Gasteiger partial charge in [-0.25, -0.2) is 14.8 Å². The van der Waals surface area contributed by atoms with Crippen LogP contribution in [-0.4, -0.2) is 72.9 Å². The van der Waals surface area contributed by atoms with Crippen LogP contribution in [0.25, 0.3) is 27.4 Å². The molecule has 10 nitrogen and oxygen atoms in total. The molecular formula is C48H47F6N7O3S2. The van der Waals surface area contributed by atoms with Gasteiger partial charge in [-0.05, 0) is 42.9 Å². The van der Waals surface area contributed by atoms with Gasteiger partial charge in [0.05, 0.1) is 18.0 Å². The van der Waals surface area contributed by atoms with Gasteiger partial charge in [-0.2, -0.15) is 26.3 Å². The van der Waals surface area contributed by atoms with Gasteiger partial charge in [0.1, 0.15) is 22.1 Å². The second kappa shape index (κ2) is 21.3. The molecular weight excluding hydrogens is 901 g/mol. The highest BCUT2D eigenvalue weighted by Crippen LogP contribution is 2.42. The summed E-state index contributed by atoms with van der Waals surface area (Å²) in [7, 11) is 0. The lowest BCUT2D eigenvalue weighted by atomic mass is 9.80. The summed E-state index contributed by atoms with van der Waals surface area (Å²) >= 11 is 2.95. The van der Waals surface area contributed by atoms with Gasteiger partial charge in [-0.3, -0.25) is 0 Å². The van der Waals surface area contributed by atoms with Crippen LogP contribution in [-0.2, 0) is 20.3 Å². The average molecular weight is 948 g/mol. The van der Waals surface area contributed by atoms with Gasteiger partial charge in [-0.15, -0.1) is 22.7 Å². The molecule has 2 aliphatic heterocycles. The molecule has 2 aliphatic rings. The molecule has 2 atom stereocenters. The van der Waals surface area contributed by atoms with Gasteiger partial charge < -0.3 is 31.0 Å². The molecule has 6 aromatic rings. The van der Waals surface area contributed by atoms with Crippen LogP contribution in [0, 0.1) is 6.57 Å². The molecule has 2 saturated heterocycles. The fourth-order valence-corrected chi connectivity index (χ4v) is 10.3.